The van der Waals surface area contributed by atoms with Gasteiger partial charge in [-0.05, 0) is 12.1 Å². The Bertz CT molecular complexity index is 482. The van der Waals surface area contributed by atoms with Crippen LogP contribution in [0.5, 0.6) is 0 Å². The van der Waals surface area contributed by atoms with E-state index in [4.69, 9.17) is 10.5 Å². The summed E-state index contributed by atoms with van der Waals surface area (Å²) in [6, 6.07) is 7.36. The highest BCUT2D eigenvalue weighted by atomic mass is 14.6. The lowest BCUT2D eigenvalue weighted by Gasteiger charge is -2.02. The van der Waals surface area contributed by atoms with Crippen LogP contribution in [0.4, 0.5) is 0 Å². The zero-order valence-corrected chi connectivity index (χ0v) is 9.10. The summed E-state index contributed by atoms with van der Waals surface area (Å²) >= 11 is 0. The molecular weight excluding hydrogens is 200 g/mol. The first kappa shape index (κ1) is 11.6. The zero-order chi connectivity index (χ0) is 12.0. The molecular formula is C12H10N4. The maximum absolute atomic E-state index is 8.93. The first-order chi connectivity index (χ1) is 7.76. The minimum absolute atomic E-state index is 0.440. The summed E-state index contributed by atoms with van der Waals surface area (Å²) in [5.41, 5.74) is 2.27. The van der Waals surface area contributed by atoms with E-state index in [-0.39, 0.29) is 0 Å². The van der Waals surface area contributed by atoms with Gasteiger partial charge in [-0.3, -0.25) is 9.98 Å². The summed E-state index contributed by atoms with van der Waals surface area (Å²) in [7, 11) is 3.26. The molecule has 0 amide bonds. The van der Waals surface area contributed by atoms with Gasteiger partial charge in [0.05, 0.1) is 23.3 Å². The Balaban J connectivity index is 3.49. The maximum atomic E-state index is 8.93. The molecule has 16 heavy (non-hydrogen) atoms. The summed E-state index contributed by atoms with van der Waals surface area (Å²) in [4.78, 5) is 7.74. The lowest BCUT2D eigenvalue weighted by Crippen LogP contribution is -1.96. The molecule has 4 nitrogen and oxygen atoms in total. The van der Waals surface area contributed by atoms with Gasteiger partial charge in [-0.25, -0.2) is 0 Å². The van der Waals surface area contributed by atoms with Gasteiger partial charge in [0.15, 0.2) is 0 Å². The van der Waals surface area contributed by atoms with Gasteiger partial charge in [0, 0.05) is 37.7 Å². The lowest BCUT2D eigenvalue weighted by molar-refractivity contribution is 1.40. The van der Waals surface area contributed by atoms with Gasteiger partial charge in [0.1, 0.15) is 0 Å². The van der Waals surface area contributed by atoms with Crippen molar-refractivity contribution in [1.82, 2.24) is 0 Å². The number of hydrogen-bond acceptors (Lipinski definition) is 4. The minimum Gasteiger partial charge on any atom is -0.296 e. The van der Waals surface area contributed by atoms with Crippen LogP contribution >= 0.6 is 0 Å². The minimum atomic E-state index is 0.440. The van der Waals surface area contributed by atoms with Crippen LogP contribution in [-0.2, 0) is 0 Å². The highest BCUT2D eigenvalue weighted by Crippen LogP contribution is 2.13. The van der Waals surface area contributed by atoms with Crippen molar-refractivity contribution in [3.63, 3.8) is 0 Å². The Morgan fingerprint density at radius 2 is 1.38 bits per heavy atom. The topological polar surface area (TPSA) is 72.3 Å². The molecule has 0 radical (unpaired) electrons. The van der Waals surface area contributed by atoms with Gasteiger partial charge in [0.2, 0.25) is 0 Å². The maximum Gasteiger partial charge on any atom is 0.0999 e. The molecule has 0 aliphatic rings. The molecule has 0 atom stereocenters. The van der Waals surface area contributed by atoms with Crippen LogP contribution in [0.1, 0.15) is 22.3 Å². The van der Waals surface area contributed by atoms with E-state index in [1.54, 1.807) is 38.7 Å². The van der Waals surface area contributed by atoms with Crippen molar-refractivity contribution in [2.45, 2.75) is 0 Å². The second kappa shape index (κ2) is 5.43. The van der Waals surface area contributed by atoms with E-state index in [1.165, 1.54) is 0 Å². The quantitative estimate of drug-likeness (QED) is 0.694. The monoisotopic (exact) mass is 210 g/mol. The molecule has 78 valence electrons. The fourth-order valence-corrected chi connectivity index (χ4v) is 1.32. The molecule has 0 aliphatic heterocycles. The van der Waals surface area contributed by atoms with Crippen LogP contribution in [0.25, 0.3) is 0 Å². The van der Waals surface area contributed by atoms with Crippen molar-refractivity contribution in [1.29, 1.82) is 10.5 Å². The number of nitriles is 2. The Kier molecular flexibility index (Phi) is 3.94. The summed E-state index contributed by atoms with van der Waals surface area (Å²) in [6.07, 6.45) is 3.18. The third-order valence-corrected chi connectivity index (χ3v) is 2.00. The lowest BCUT2D eigenvalue weighted by atomic mass is 10.0. The predicted molar refractivity (Wildman–Crippen MR) is 62.9 cm³/mol. The number of hydrogen-bond donors (Lipinski definition) is 0. The molecule has 1 aromatic rings. The number of rotatable bonds is 2. The van der Waals surface area contributed by atoms with Crippen molar-refractivity contribution in [2.75, 3.05) is 14.1 Å². The Morgan fingerprint density at radius 1 is 0.938 bits per heavy atom. The molecule has 0 saturated heterocycles. The standard InChI is InChI=1S/C12H10N4/c1-15-7-11-4-12(8-16-2)10(6-14)3-9(11)5-13/h3-4,7-8H,1-2H3/b15-7-,16-8+. The molecule has 0 bridgehead atoms. The van der Waals surface area contributed by atoms with Crippen LogP contribution in [-0.4, -0.2) is 26.5 Å². The van der Waals surface area contributed by atoms with Crippen LogP contribution < -0.4 is 0 Å². The average Bonchev–Trinajstić information content (AvgIpc) is 2.30. The molecule has 0 heterocycles. The van der Waals surface area contributed by atoms with Crippen LogP contribution in [0.2, 0.25) is 0 Å². The average molecular weight is 210 g/mol. The van der Waals surface area contributed by atoms with E-state index in [1.807, 2.05) is 12.1 Å². The van der Waals surface area contributed by atoms with Gasteiger partial charge in [-0.1, -0.05) is 0 Å². The molecule has 0 saturated carbocycles. The number of nitrogens with zero attached hydrogens (tertiary/aromatic N) is 4. The predicted octanol–water partition coefficient (Wildman–Crippen LogP) is 1.53. The van der Waals surface area contributed by atoms with E-state index >= 15 is 0 Å². The smallest absolute Gasteiger partial charge is 0.0999 e. The Morgan fingerprint density at radius 3 is 1.69 bits per heavy atom. The second-order valence-corrected chi connectivity index (χ2v) is 3.02. The number of benzene rings is 1. The van der Waals surface area contributed by atoms with Gasteiger partial charge in [-0.15, -0.1) is 0 Å². The first-order valence-corrected chi connectivity index (χ1v) is 4.59. The van der Waals surface area contributed by atoms with Gasteiger partial charge in [0.25, 0.3) is 0 Å². The van der Waals surface area contributed by atoms with E-state index < -0.39 is 0 Å². The summed E-state index contributed by atoms with van der Waals surface area (Å²) in [5.74, 6) is 0. The molecule has 4 heteroatoms. The third kappa shape index (κ3) is 2.31. The second-order valence-electron chi connectivity index (χ2n) is 3.02. The fourth-order valence-electron chi connectivity index (χ4n) is 1.32. The van der Waals surface area contributed by atoms with Crippen molar-refractivity contribution in [3.05, 3.63) is 34.4 Å². The van der Waals surface area contributed by atoms with E-state index in [0.717, 1.165) is 0 Å². The van der Waals surface area contributed by atoms with E-state index in [9.17, 15) is 0 Å². The number of aliphatic imine (C=N–C) groups is 2. The van der Waals surface area contributed by atoms with Crippen LogP contribution in [0, 0.1) is 22.7 Å². The first-order valence-electron chi connectivity index (χ1n) is 4.59. The largest absolute Gasteiger partial charge is 0.296 e. The third-order valence-electron chi connectivity index (χ3n) is 2.00. The van der Waals surface area contributed by atoms with Gasteiger partial charge in [-0.2, -0.15) is 10.5 Å². The molecule has 1 aromatic carbocycles. The summed E-state index contributed by atoms with van der Waals surface area (Å²) in [6.45, 7) is 0. The molecule has 0 fully saturated rings. The summed E-state index contributed by atoms with van der Waals surface area (Å²) in [5, 5.41) is 17.9. The highest BCUT2D eigenvalue weighted by Gasteiger charge is 2.06. The normalized spacial score (nSPS) is 10.5. The SMILES string of the molecule is C/N=C\c1cc(/C=N/C)c(C#N)cc1C#N. The zero-order valence-electron chi connectivity index (χ0n) is 9.10. The molecule has 0 N–H and O–H groups in total. The highest BCUT2D eigenvalue weighted by molar-refractivity contribution is 5.90. The van der Waals surface area contributed by atoms with Crippen LogP contribution in [0.15, 0.2) is 22.1 Å². The molecule has 0 unspecified atom stereocenters. The Hall–Kier alpha value is -2.46. The van der Waals surface area contributed by atoms with Crippen molar-refractivity contribution < 1.29 is 0 Å². The van der Waals surface area contributed by atoms with Gasteiger partial charge < -0.3 is 0 Å². The molecule has 0 aliphatic carbocycles. The molecule has 0 spiro atoms. The van der Waals surface area contributed by atoms with E-state index in [0.29, 0.717) is 22.3 Å². The molecule has 1 rings (SSSR count). The van der Waals surface area contributed by atoms with Crippen molar-refractivity contribution in [2.24, 2.45) is 9.98 Å². The van der Waals surface area contributed by atoms with Gasteiger partial charge >= 0.3 is 0 Å². The Labute approximate surface area is 94.2 Å². The van der Waals surface area contributed by atoms with Crippen molar-refractivity contribution >= 4 is 12.4 Å². The van der Waals surface area contributed by atoms with E-state index in [2.05, 4.69) is 9.98 Å². The molecule has 0 aromatic heterocycles. The summed E-state index contributed by atoms with van der Waals surface area (Å²) < 4.78 is 0. The fraction of sp³-hybridized carbons (Fsp3) is 0.167. The van der Waals surface area contributed by atoms with Crippen LogP contribution in [0.3, 0.4) is 0 Å². The van der Waals surface area contributed by atoms with Crippen molar-refractivity contribution in [3.8, 4) is 12.1 Å².